The second kappa shape index (κ2) is 10.3. The molecule has 5 aromatic rings. The summed E-state index contributed by atoms with van der Waals surface area (Å²) in [6, 6.07) is 20.8. The number of anilines is 2. The molecule has 1 saturated carbocycles. The standard InChI is InChI=1S/C33H32N4O4S/c38-27-20-29(36-16-18-40-19-17-36)41-31-22(5-3-6-24(27)31)23-10-11-26(30-25-4-1-2-7-28(25)42-32(23)30)35-12-14-37(15-13-35)33(39)34-21-8-9-21/h1-7,10-11,20-21H,8-9,12-19H2,(H,34,39). The molecule has 4 heterocycles. The molecule has 2 saturated heterocycles. The van der Waals surface area contributed by atoms with Crippen LogP contribution in [-0.2, 0) is 4.74 Å². The maximum absolute atomic E-state index is 13.3. The van der Waals surface area contributed by atoms with Crippen molar-refractivity contribution in [2.24, 2.45) is 0 Å². The van der Waals surface area contributed by atoms with E-state index in [1.165, 1.54) is 25.9 Å². The number of ether oxygens (including phenoxy) is 1. The van der Waals surface area contributed by atoms with Crippen LogP contribution >= 0.6 is 11.3 Å². The van der Waals surface area contributed by atoms with Crippen molar-refractivity contribution in [3.63, 3.8) is 0 Å². The van der Waals surface area contributed by atoms with E-state index < -0.39 is 0 Å². The van der Waals surface area contributed by atoms with Gasteiger partial charge in [0.2, 0.25) is 0 Å². The number of hydrogen-bond donors (Lipinski definition) is 1. The molecule has 42 heavy (non-hydrogen) atoms. The van der Waals surface area contributed by atoms with Gasteiger partial charge < -0.3 is 29.2 Å². The SMILES string of the molecule is O=C(NC1CC1)N1CCN(c2ccc(-c3cccc4c(=O)cc(N5CCOCC5)oc34)c3sc4ccccc4c23)CC1. The molecule has 0 unspecified atom stereocenters. The molecule has 3 aliphatic rings. The summed E-state index contributed by atoms with van der Waals surface area (Å²) in [5, 5.41) is 6.15. The molecule has 2 aromatic heterocycles. The number of hydrogen-bond acceptors (Lipinski definition) is 7. The molecule has 2 amide bonds. The molecule has 0 atom stereocenters. The first-order valence-electron chi connectivity index (χ1n) is 14.8. The zero-order valence-corrected chi connectivity index (χ0v) is 24.1. The van der Waals surface area contributed by atoms with Crippen LogP contribution in [0.4, 0.5) is 16.4 Å². The maximum atomic E-state index is 13.3. The third-order valence-corrected chi connectivity index (χ3v) is 9.88. The van der Waals surface area contributed by atoms with E-state index in [1.807, 2.05) is 17.0 Å². The molecular formula is C33H32N4O4S. The van der Waals surface area contributed by atoms with Gasteiger partial charge in [0.15, 0.2) is 11.3 Å². The number of para-hydroxylation sites is 1. The van der Waals surface area contributed by atoms with Crippen LogP contribution < -0.4 is 20.5 Å². The molecule has 214 valence electrons. The summed E-state index contributed by atoms with van der Waals surface area (Å²) in [7, 11) is 0. The number of piperazine rings is 1. The van der Waals surface area contributed by atoms with Crippen LogP contribution in [0, 0.1) is 0 Å². The Labute approximate surface area is 247 Å². The van der Waals surface area contributed by atoms with Gasteiger partial charge in [-0.25, -0.2) is 4.79 Å². The van der Waals surface area contributed by atoms with E-state index in [9.17, 15) is 9.59 Å². The van der Waals surface area contributed by atoms with Gasteiger partial charge in [-0.05, 0) is 31.0 Å². The number of urea groups is 1. The van der Waals surface area contributed by atoms with Crippen LogP contribution in [0.2, 0.25) is 0 Å². The van der Waals surface area contributed by atoms with Crippen molar-refractivity contribution < 1.29 is 13.9 Å². The molecule has 0 spiro atoms. The first kappa shape index (κ1) is 25.6. The third kappa shape index (κ3) is 4.48. The highest BCUT2D eigenvalue weighted by molar-refractivity contribution is 7.26. The van der Waals surface area contributed by atoms with E-state index in [-0.39, 0.29) is 11.5 Å². The molecule has 9 heteroatoms. The lowest BCUT2D eigenvalue weighted by atomic mass is 9.98. The fraction of sp³-hybridized carbons (Fsp3) is 0.333. The number of amides is 2. The number of benzene rings is 3. The van der Waals surface area contributed by atoms with Crippen LogP contribution in [0.1, 0.15) is 12.8 Å². The molecule has 1 aliphatic carbocycles. The predicted octanol–water partition coefficient (Wildman–Crippen LogP) is 5.66. The average Bonchev–Trinajstić information content (AvgIpc) is 3.77. The zero-order valence-electron chi connectivity index (χ0n) is 23.3. The smallest absolute Gasteiger partial charge is 0.317 e. The summed E-state index contributed by atoms with van der Waals surface area (Å²) in [6.45, 7) is 5.58. The number of fused-ring (bicyclic) bond motifs is 4. The van der Waals surface area contributed by atoms with Gasteiger partial charge in [0.25, 0.3) is 0 Å². The first-order chi connectivity index (χ1) is 20.6. The van der Waals surface area contributed by atoms with Gasteiger partial charge in [0.1, 0.15) is 5.58 Å². The Balaban J connectivity index is 1.23. The summed E-state index contributed by atoms with van der Waals surface area (Å²) >= 11 is 1.78. The Morgan fingerprint density at radius 1 is 0.833 bits per heavy atom. The Bertz CT molecular complexity index is 1880. The fourth-order valence-corrected chi connectivity index (χ4v) is 7.50. The van der Waals surface area contributed by atoms with Crippen LogP contribution in [-0.4, -0.2) is 69.5 Å². The number of thiophene rings is 1. The monoisotopic (exact) mass is 580 g/mol. The third-order valence-electron chi connectivity index (χ3n) is 8.67. The van der Waals surface area contributed by atoms with Gasteiger partial charge in [-0.2, -0.15) is 0 Å². The number of rotatable bonds is 4. The van der Waals surface area contributed by atoms with Gasteiger partial charge in [-0.15, -0.1) is 11.3 Å². The summed E-state index contributed by atoms with van der Waals surface area (Å²) in [5.74, 6) is 0.594. The molecule has 0 bridgehead atoms. The van der Waals surface area contributed by atoms with E-state index in [4.69, 9.17) is 9.15 Å². The van der Waals surface area contributed by atoms with Gasteiger partial charge in [0, 0.05) is 88.4 Å². The second-order valence-corrected chi connectivity index (χ2v) is 12.4. The van der Waals surface area contributed by atoms with Gasteiger partial charge in [-0.3, -0.25) is 4.79 Å². The average molecular weight is 581 g/mol. The molecule has 2 aliphatic heterocycles. The molecule has 8 nitrogen and oxygen atoms in total. The van der Waals surface area contributed by atoms with E-state index in [0.29, 0.717) is 62.3 Å². The van der Waals surface area contributed by atoms with Crippen LogP contribution in [0.25, 0.3) is 42.3 Å². The quantitative estimate of drug-likeness (QED) is 0.296. The highest BCUT2D eigenvalue weighted by Gasteiger charge is 2.29. The van der Waals surface area contributed by atoms with Gasteiger partial charge in [0.05, 0.1) is 18.6 Å². The first-order valence-corrected chi connectivity index (χ1v) is 15.6. The summed E-state index contributed by atoms with van der Waals surface area (Å²) < 4.78 is 14.4. The van der Waals surface area contributed by atoms with Crippen molar-refractivity contribution in [3.8, 4) is 11.1 Å². The van der Waals surface area contributed by atoms with Crippen LogP contribution in [0.3, 0.4) is 0 Å². The topological polar surface area (TPSA) is 78.3 Å². The number of morpholine rings is 1. The zero-order chi connectivity index (χ0) is 28.2. The Morgan fingerprint density at radius 2 is 1.62 bits per heavy atom. The van der Waals surface area contributed by atoms with Gasteiger partial charge in [-0.1, -0.05) is 36.4 Å². The molecular weight excluding hydrogens is 548 g/mol. The minimum atomic E-state index is -0.0348. The lowest BCUT2D eigenvalue weighted by molar-refractivity contribution is 0.121. The Morgan fingerprint density at radius 3 is 2.43 bits per heavy atom. The summed E-state index contributed by atoms with van der Waals surface area (Å²) in [4.78, 5) is 32.4. The van der Waals surface area contributed by atoms with Crippen molar-refractivity contribution in [1.29, 1.82) is 0 Å². The van der Waals surface area contributed by atoms with Crippen molar-refractivity contribution in [3.05, 3.63) is 70.9 Å². The number of carbonyl (C=O) groups is 1. The minimum Gasteiger partial charge on any atom is -0.440 e. The van der Waals surface area contributed by atoms with Crippen LogP contribution in [0.5, 0.6) is 0 Å². The largest absolute Gasteiger partial charge is 0.440 e. The van der Waals surface area contributed by atoms with E-state index >= 15 is 0 Å². The number of carbonyl (C=O) groups excluding carboxylic acids is 1. The number of nitrogens with one attached hydrogen (secondary N) is 1. The van der Waals surface area contributed by atoms with Crippen molar-refractivity contribution in [2.75, 3.05) is 62.3 Å². The van der Waals surface area contributed by atoms with Crippen molar-refractivity contribution in [2.45, 2.75) is 18.9 Å². The second-order valence-electron chi connectivity index (χ2n) is 11.4. The highest BCUT2D eigenvalue weighted by Crippen LogP contribution is 2.46. The maximum Gasteiger partial charge on any atom is 0.317 e. The normalized spacial score (nSPS) is 17.9. The number of nitrogens with zero attached hydrogens (tertiary/aromatic N) is 3. The highest BCUT2D eigenvalue weighted by atomic mass is 32.1. The summed E-state index contributed by atoms with van der Waals surface area (Å²) in [6.07, 6.45) is 2.19. The Kier molecular flexibility index (Phi) is 6.30. The molecule has 1 N–H and O–H groups in total. The summed E-state index contributed by atoms with van der Waals surface area (Å²) in [5.41, 5.74) is 3.75. The minimum absolute atomic E-state index is 0.0348. The lowest BCUT2D eigenvalue weighted by Crippen LogP contribution is -2.52. The van der Waals surface area contributed by atoms with E-state index in [2.05, 4.69) is 57.6 Å². The molecule has 3 fully saturated rings. The predicted molar refractivity (Wildman–Crippen MR) is 169 cm³/mol. The molecule has 0 radical (unpaired) electrons. The fourth-order valence-electron chi connectivity index (χ4n) is 6.25. The van der Waals surface area contributed by atoms with E-state index in [0.717, 1.165) is 37.1 Å². The van der Waals surface area contributed by atoms with E-state index in [1.54, 1.807) is 17.4 Å². The van der Waals surface area contributed by atoms with Crippen molar-refractivity contribution >= 4 is 60.1 Å². The van der Waals surface area contributed by atoms with Gasteiger partial charge >= 0.3 is 6.03 Å². The lowest BCUT2D eigenvalue weighted by Gasteiger charge is -2.36. The Hall–Kier alpha value is -4.08. The van der Waals surface area contributed by atoms with Crippen LogP contribution in [0.15, 0.2) is 69.9 Å². The molecule has 8 rings (SSSR count). The molecule has 3 aromatic carbocycles. The van der Waals surface area contributed by atoms with Crippen molar-refractivity contribution in [1.82, 2.24) is 10.2 Å².